The minimum atomic E-state index is -1.49. The third kappa shape index (κ3) is 3.12. The highest BCUT2D eigenvalue weighted by atomic mass is 35.5. The molecular weight excluding hydrogens is 302 g/mol. The van der Waals surface area contributed by atoms with Crippen LogP contribution in [0.3, 0.4) is 0 Å². The molecule has 0 spiro atoms. The lowest BCUT2D eigenvalue weighted by Crippen LogP contribution is -2.03. The number of nitro groups is 1. The van der Waals surface area contributed by atoms with Crippen LogP contribution < -0.4 is 5.73 Å². The smallest absolute Gasteiger partial charge is 0.275 e. The van der Waals surface area contributed by atoms with E-state index in [0.29, 0.717) is 16.1 Å². The summed E-state index contributed by atoms with van der Waals surface area (Å²) in [4.78, 5) is 14.6. The molecule has 6 nitrogen and oxygen atoms in total. The lowest BCUT2D eigenvalue weighted by Gasteiger charge is -2.06. The van der Waals surface area contributed by atoms with Crippen molar-refractivity contribution in [1.29, 1.82) is 0 Å². The highest BCUT2D eigenvalue weighted by Gasteiger charge is 2.18. The Kier molecular flexibility index (Phi) is 4.31. The summed E-state index contributed by atoms with van der Waals surface area (Å²) in [5.74, 6) is -0.0122. The molecule has 0 fully saturated rings. The zero-order valence-electron chi connectivity index (χ0n) is 10.2. The van der Waals surface area contributed by atoms with Gasteiger partial charge < -0.3 is 5.73 Å². The van der Waals surface area contributed by atoms with Crippen LogP contribution >= 0.6 is 11.6 Å². The van der Waals surface area contributed by atoms with Crippen molar-refractivity contribution in [3.63, 3.8) is 0 Å². The summed E-state index contributed by atoms with van der Waals surface area (Å²) < 4.78 is 12.2. The Bertz CT molecular complexity index is 693. The molecule has 0 aliphatic heterocycles. The van der Waals surface area contributed by atoms with E-state index in [1.54, 1.807) is 0 Å². The Balaban J connectivity index is 2.33. The zero-order valence-corrected chi connectivity index (χ0v) is 11.7. The third-order valence-corrected chi connectivity index (χ3v) is 4.26. The minimum Gasteiger partial charge on any atom is -0.396 e. The van der Waals surface area contributed by atoms with Gasteiger partial charge in [-0.3, -0.25) is 19.3 Å². The maximum atomic E-state index is 12.2. The fraction of sp³-hybridized carbons (Fsp3) is 0.0833. The molecule has 8 heteroatoms. The minimum absolute atomic E-state index is 0.0122. The van der Waals surface area contributed by atoms with Gasteiger partial charge in [-0.25, -0.2) is 0 Å². The largest absolute Gasteiger partial charge is 0.396 e. The van der Waals surface area contributed by atoms with Crippen molar-refractivity contribution in [2.75, 3.05) is 5.73 Å². The van der Waals surface area contributed by atoms with Crippen molar-refractivity contribution in [2.45, 2.75) is 10.6 Å². The van der Waals surface area contributed by atoms with Gasteiger partial charge in [0.2, 0.25) is 0 Å². The number of nitrogens with two attached hydrogens (primary N) is 1. The molecule has 1 aromatic heterocycles. The first kappa shape index (κ1) is 14.4. The van der Waals surface area contributed by atoms with Crippen LogP contribution in [0.1, 0.15) is 5.56 Å². The van der Waals surface area contributed by atoms with Gasteiger partial charge in [-0.05, 0) is 18.2 Å². The molecule has 0 amide bonds. The number of nitro benzene ring substituents is 1. The van der Waals surface area contributed by atoms with Gasteiger partial charge in [0.1, 0.15) is 0 Å². The maximum Gasteiger partial charge on any atom is 0.275 e. The van der Waals surface area contributed by atoms with E-state index in [1.165, 1.54) is 36.7 Å². The standard InChI is InChI=1S/C12H10ClN3O3S/c13-9-2-1-8(11(5-9)16(17)18)7-20(19)12-3-4-15-6-10(12)14/h1-6H,7,14H2. The van der Waals surface area contributed by atoms with Gasteiger partial charge in [0.05, 0.1) is 38.3 Å². The molecular formula is C12H10ClN3O3S. The van der Waals surface area contributed by atoms with E-state index in [1.807, 2.05) is 0 Å². The predicted molar refractivity (Wildman–Crippen MR) is 76.9 cm³/mol. The van der Waals surface area contributed by atoms with E-state index >= 15 is 0 Å². The number of pyridine rings is 1. The third-order valence-electron chi connectivity index (χ3n) is 2.59. The number of anilines is 1. The molecule has 1 unspecified atom stereocenters. The van der Waals surface area contributed by atoms with Crippen LogP contribution in [0.25, 0.3) is 0 Å². The summed E-state index contributed by atoms with van der Waals surface area (Å²) in [7, 11) is -1.49. The van der Waals surface area contributed by atoms with Gasteiger partial charge in [-0.2, -0.15) is 0 Å². The number of aromatic nitrogens is 1. The lowest BCUT2D eigenvalue weighted by atomic mass is 10.2. The quantitative estimate of drug-likeness (QED) is 0.691. The van der Waals surface area contributed by atoms with E-state index < -0.39 is 15.7 Å². The average molecular weight is 312 g/mol. The molecule has 0 aliphatic carbocycles. The molecule has 0 radical (unpaired) electrons. The van der Waals surface area contributed by atoms with Crippen molar-refractivity contribution in [3.8, 4) is 0 Å². The molecule has 1 aromatic carbocycles. The van der Waals surface area contributed by atoms with Crippen molar-refractivity contribution in [3.05, 3.63) is 57.4 Å². The van der Waals surface area contributed by atoms with Crippen LogP contribution in [-0.4, -0.2) is 14.1 Å². The molecule has 0 bridgehead atoms. The van der Waals surface area contributed by atoms with Crippen molar-refractivity contribution >= 4 is 33.8 Å². The van der Waals surface area contributed by atoms with Crippen LogP contribution in [0.5, 0.6) is 0 Å². The highest BCUT2D eigenvalue weighted by molar-refractivity contribution is 7.84. The van der Waals surface area contributed by atoms with Crippen LogP contribution in [0.4, 0.5) is 11.4 Å². The van der Waals surface area contributed by atoms with Crippen molar-refractivity contribution < 1.29 is 9.13 Å². The summed E-state index contributed by atoms with van der Waals surface area (Å²) in [6.45, 7) is 0. The van der Waals surface area contributed by atoms with Crippen LogP contribution in [0, 0.1) is 10.1 Å². The van der Waals surface area contributed by atoms with Gasteiger partial charge in [-0.1, -0.05) is 11.6 Å². The molecule has 1 atom stereocenters. The summed E-state index contributed by atoms with van der Waals surface area (Å²) in [6.07, 6.45) is 2.86. The van der Waals surface area contributed by atoms with E-state index in [0.717, 1.165) is 0 Å². The second kappa shape index (κ2) is 5.98. The van der Waals surface area contributed by atoms with Crippen molar-refractivity contribution in [2.24, 2.45) is 0 Å². The Morgan fingerprint density at radius 2 is 2.15 bits per heavy atom. The van der Waals surface area contributed by atoms with E-state index in [2.05, 4.69) is 4.98 Å². The normalized spacial score (nSPS) is 12.1. The molecule has 104 valence electrons. The second-order valence-electron chi connectivity index (χ2n) is 3.93. The topological polar surface area (TPSA) is 99.1 Å². The number of rotatable bonds is 4. The Labute approximate surface area is 122 Å². The summed E-state index contributed by atoms with van der Waals surface area (Å²) in [5, 5.41) is 11.2. The monoisotopic (exact) mass is 311 g/mol. The van der Waals surface area contributed by atoms with Crippen LogP contribution in [0.2, 0.25) is 5.02 Å². The molecule has 2 rings (SSSR count). The van der Waals surface area contributed by atoms with Gasteiger partial charge in [0.15, 0.2) is 0 Å². The first-order valence-electron chi connectivity index (χ1n) is 5.49. The number of nitrogen functional groups attached to an aromatic ring is 1. The molecule has 1 heterocycles. The van der Waals surface area contributed by atoms with Crippen LogP contribution in [-0.2, 0) is 16.6 Å². The van der Waals surface area contributed by atoms with Crippen molar-refractivity contribution in [1.82, 2.24) is 4.98 Å². The predicted octanol–water partition coefficient (Wildman–Crippen LogP) is 2.53. The molecule has 20 heavy (non-hydrogen) atoms. The summed E-state index contributed by atoms with van der Waals surface area (Å²) >= 11 is 5.73. The second-order valence-corrected chi connectivity index (χ2v) is 5.79. The fourth-order valence-corrected chi connectivity index (χ4v) is 3.03. The number of halogens is 1. The van der Waals surface area contributed by atoms with Gasteiger partial charge in [0, 0.05) is 22.8 Å². The molecule has 0 saturated heterocycles. The Hall–Kier alpha value is -1.99. The molecule has 0 saturated carbocycles. The molecule has 2 N–H and O–H groups in total. The Morgan fingerprint density at radius 3 is 2.80 bits per heavy atom. The average Bonchev–Trinajstić information content (AvgIpc) is 2.41. The highest BCUT2D eigenvalue weighted by Crippen LogP contribution is 2.26. The van der Waals surface area contributed by atoms with Gasteiger partial charge in [-0.15, -0.1) is 0 Å². The number of benzene rings is 1. The van der Waals surface area contributed by atoms with E-state index in [4.69, 9.17) is 17.3 Å². The lowest BCUT2D eigenvalue weighted by molar-refractivity contribution is -0.385. The SMILES string of the molecule is Nc1cnccc1S(=O)Cc1ccc(Cl)cc1[N+](=O)[O-]. The summed E-state index contributed by atoms with van der Waals surface area (Å²) in [6, 6.07) is 5.80. The molecule has 2 aromatic rings. The number of hydrogen-bond donors (Lipinski definition) is 1. The maximum absolute atomic E-state index is 12.2. The first-order chi connectivity index (χ1) is 9.49. The first-order valence-corrected chi connectivity index (χ1v) is 7.19. The molecule has 0 aliphatic rings. The van der Waals surface area contributed by atoms with Gasteiger partial charge >= 0.3 is 0 Å². The van der Waals surface area contributed by atoms with Crippen LogP contribution in [0.15, 0.2) is 41.6 Å². The van der Waals surface area contributed by atoms with Gasteiger partial charge in [0.25, 0.3) is 5.69 Å². The fourth-order valence-electron chi connectivity index (χ4n) is 1.65. The van der Waals surface area contributed by atoms with E-state index in [-0.39, 0.29) is 16.5 Å². The zero-order chi connectivity index (χ0) is 14.7. The Morgan fingerprint density at radius 1 is 1.40 bits per heavy atom. The van der Waals surface area contributed by atoms with E-state index in [9.17, 15) is 14.3 Å². The number of hydrogen-bond acceptors (Lipinski definition) is 5. The summed E-state index contributed by atoms with van der Waals surface area (Å²) in [5.41, 5.74) is 6.17. The number of nitrogens with zero attached hydrogens (tertiary/aromatic N) is 2.